The number of methoxy groups -OCH3 is 1. The number of nitrogens with two attached hydrogens (primary N) is 1. The Morgan fingerprint density at radius 3 is 2.46 bits per heavy atom. The molecule has 1 aromatic heterocycles. The zero-order valence-corrected chi connectivity index (χ0v) is 14.8. The highest BCUT2D eigenvalue weighted by Crippen LogP contribution is 2.34. The lowest BCUT2D eigenvalue weighted by molar-refractivity contribution is 0.415. The topological polar surface area (TPSA) is 51.0 Å². The SMILES string of the molecule is COc1ccc(-c2[nH]c3cc(C)cc(C)c3c2CCCCN)cc1. The van der Waals surface area contributed by atoms with Gasteiger partial charge in [-0.25, -0.2) is 0 Å². The van der Waals surface area contributed by atoms with Crippen LogP contribution < -0.4 is 10.5 Å². The molecule has 3 heteroatoms. The van der Waals surface area contributed by atoms with Gasteiger partial charge in [0.25, 0.3) is 0 Å². The van der Waals surface area contributed by atoms with Crippen LogP contribution in [0.15, 0.2) is 36.4 Å². The van der Waals surface area contributed by atoms with Gasteiger partial charge in [0.1, 0.15) is 5.75 Å². The second-order valence-corrected chi connectivity index (χ2v) is 6.46. The predicted molar refractivity (Wildman–Crippen MR) is 102 cm³/mol. The average Bonchev–Trinajstić information content (AvgIpc) is 2.94. The van der Waals surface area contributed by atoms with E-state index in [0.717, 1.165) is 31.6 Å². The summed E-state index contributed by atoms with van der Waals surface area (Å²) in [6, 6.07) is 12.8. The summed E-state index contributed by atoms with van der Waals surface area (Å²) in [5.74, 6) is 0.881. The second kappa shape index (κ2) is 7.10. The third-order valence-electron chi connectivity index (χ3n) is 4.60. The van der Waals surface area contributed by atoms with Gasteiger partial charge in [0.2, 0.25) is 0 Å². The first kappa shape index (κ1) is 16.6. The van der Waals surface area contributed by atoms with Crippen molar-refractivity contribution in [2.24, 2.45) is 5.73 Å². The molecule has 0 amide bonds. The quantitative estimate of drug-likeness (QED) is 0.644. The predicted octanol–water partition coefficient (Wildman–Crippen LogP) is 4.74. The van der Waals surface area contributed by atoms with Crippen molar-refractivity contribution in [2.75, 3.05) is 13.7 Å². The molecule has 2 aromatic carbocycles. The number of benzene rings is 2. The van der Waals surface area contributed by atoms with Crippen molar-refractivity contribution in [1.82, 2.24) is 4.98 Å². The summed E-state index contributed by atoms with van der Waals surface area (Å²) < 4.78 is 5.28. The fourth-order valence-electron chi connectivity index (χ4n) is 3.50. The van der Waals surface area contributed by atoms with Gasteiger partial charge in [-0.15, -0.1) is 0 Å². The molecular weight excluding hydrogens is 296 g/mol. The summed E-state index contributed by atoms with van der Waals surface area (Å²) in [6.45, 7) is 5.10. The number of nitrogens with one attached hydrogen (secondary N) is 1. The number of H-pyrrole nitrogens is 1. The Bertz CT molecular complexity index is 831. The van der Waals surface area contributed by atoms with E-state index in [9.17, 15) is 0 Å². The van der Waals surface area contributed by atoms with E-state index < -0.39 is 0 Å². The van der Waals surface area contributed by atoms with E-state index >= 15 is 0 Å². The molecule has 0 radical (unpaired) electrons. The molecule has 3 nitrogen and oxygen atoms in total. The Labute approximate surface area is 143 Å². The molecule has 3 rings (SSSR count). The number of hydrogen-bond acceptors (Lipinski definition) is 2. The Balaban J connectivity index is 2.13. The number of rotatable bonds is 6. The summed E-state index contributed by atoms with van der Waals surface area (Å²) in [4.78, 5) is 3.65. The standard InChI is InChI=1S/C21H26N2O/c1-14-12-15(2)20-18(6-4-5-11-22)21(23-19(20)13-14)16-7-9-17(24-3)10-8-16/h7-10,12-13,23H,4-6,11,22H2,1-3H3. The fraction of sp³-hybridized carbons (Fsp3) is 0.333. The van der Waals surface area contributed by atoms with Gasteiger partial charge >= 0.3 is 0 Å². The largest absolute Gasteiger partial charge is 0.497 e. The smallest absolute Gasteiger partial charge is 0.118 e. The molecule has 0 atom stereocenters. The van der Waals surface area contributed by atoms with Crippen LogP contribution in [0.4, 0.5) is 0 Å². The molecular formula is C21H26N2O. The number of hydrogen-bond donors (Lipinski definition) is 2. The summed E-state index contributed by atoms with van der Waals surface area (Å²) in [7, 11) is 1.70. The maximum Gasteiger partial charge on any atom is 0.118 e. The van der Waals surface area contributed by atoms with Crippen molar-refractivity contribution in [3.05, 3.63) is 53.1 Å². The van der Waals surface area contributed by atoms with Crippen molar-refractivity contribution in [3.63, 3.8) is 0 Å². The van der Waals surface area contributed by atoms with Gasteiger partial charge in [-0.1, -0.05) is 6.07 Å². The molecule has 0 aliphatic heterocycles. The highest BCUT2D eigenvalue weighted by atomic mass is 16.5. The number of aromatic amines is 1. The maximum absolute atomic E-state index is 5.69. The summed E-state index contributed by atoms with van der Waals surface area (Å²) in [5.41, 5.74) is 13.4. The van der Waals surface area contributed by atoms with Crippen molar-refractivity contribution in [2.45, 2.75) is 33.1 Å². The molecule has 0 fully saturated rings. The van der Waals surface area contributed by atoms with Gasteiger partial charge < -0.3 is 15.5 Å². The molecule has 0 saturated heterocycles. The molecule has 0 saturated carbocycles. The van der Waals surface area contributed by atoms with Crippen LogP contribution in [0.1, 0.15) is 29.5 Å². The van der Waals surface area contributed by atoms with Crippen LogP contribution in [0.5, 0.6) is 5.75 Å². The van der Waals surface area contributed by atoms with E-state index in [1.165, 1.54) is 38.9 Å². The van der Waals surface area contributed by atoms with Gasteiger partial charge in [0.15, 0.2) is 0 Å². The first-order valence-electron chi connectivity index (χ1n) is 8.60. The molecule has 126 valence electrons. The van der Waals surface area contributed by atoms with Crippen LogP contribution in [0.25, 0.3) is 22.2 Å². The monoisotopic (exact) mass is 322 g/mol. The van der Waals surface area contributed by atoms with Gasteiger partial charge in [0, 0.05) is 16.6 Å². The molecule has 0 aliphatic rings. The molecule has 24 heavy (non-hydrogen) atoms. The van der Waals surface area contributed by atoms with E-state index in [1.807, 2.05) is 12.1 Å². The lowest BCUT2D eigenvalue weighted by Crippen LogP contribution is -1.99. The minimum absolute atomic E-state index is 0.748. The van der Waals surface area contributed by atoms with Crippen LogP contribution >= 0.6 is 0 Å². The van der Waals surface area contributed by atoms with Crippen LogP contribution in [0, 0.1) is 13.8 Å². The Morgan fingerprint density at radius 1 is 1.04 bits per heavy atom. The second-order valence-electron chi connectivity index (χ2n) is 6.46. The van der Waals surface area contributed by atoms with Gasteiger partial charge in [-0.2, -0.15) is 0 Å². The molecule has 3 aromatic rings. The van der Waals surface area contributed by atoms with Gasteiger partial charge in [-0.05, 0) is 92.2 Å². The number of aromatic nitrogens is 1. The fourth-order valence-corrected chi connectivity index (χ4v) is 3.50. The Morgan fingerprint density at radius 2 is 1.79 bits per heavy atom. The van der Waals surface area contributed by atoms with E-state index in [1.54, 1.807) is 7.11 Å². The first-order chi connectivity index (χ1) is 11.6. The normalized spacial score (nSPS) is 11.2. The highest BCUT2D eigenvalue weighted by molar-refractivity contribution is 5.93. The number of aryl methyl sites for hydroxylation is 3. The zero-order chi connectivity index (χ0) is 17.1. The van der Waals surface area contributed by atoms with Crippen LogP contribution in [-0.2, 0) is 6.42 Å². The minimum atomic E-state index is 0.748. The Hall–Kier alpha value is -2.26. The van der Waals surface area contributed by atoms with Crippen molar-refractivity contribution in [1.29, 1.82) is 0 Å². The van der Waals surface area contributed by atoms with Gasteiger partial charge in [-0.3, -0.25) is 0 Å². The molecule has 0 bridgehead atoms. The van der Waals surface area contributed by atoms with Crippen LogP contribution in [-0.4, -0.2) is 18.6 Å². The third kappa shape index (κ3) is 3.17. The van der Waals surface area contributed by atoms with Crippen molar-refractivity contribution in [3.8, 4) is 17.0 Å². The van der Waals surface area contributed by atoms with Crippen LogP contribution in [0.2, 0.25) is 0 Å². The van der Waals surface area contributed by atoms with E-state index in [4.69, 9.17) is 10.5 Å². The lowest BCUT2D eigenvalue weighted by Gasteiger charge is -2.07. The highest BCUT2D eigenvalue weighted by Gasteiger charge is 2.15. The van der Waals surface area contributed by atoms with Crippen molar-refractivity contribution < 1.29 is 4.74 Å². The molecule has 0 aliphatic carbocycles. The number of fused-ring (bicyclic) bond motifs is 1. The molecule has 3 N–H and O–H groups in total. The molecule has 1 heterocycles. The van der Waals surface area contributed by atoms with Crippen molar-refractivity contribution >= 4 is 10.9 Å². The Kier molecular flexibility index (Phi) is 4.91. The maximum atomic E-state index is 5.69. The molecule has 0 unspecified atom stereocenters. The summed E-state index contributed by atoms with van der Waals surface area (Å²) in [5, 5.41) is 1.36. The average molecular weight is 322 g/mol. The molecule has 0 spiro atoms. The number of ether oxygens (including phenoxy) is 1. The minimum Gasteiger partial charge on any atom is -0.497 e. The van der Waals surface area contributed by atoms with E-state index in [-0.39, 0.29) is 0 Å². The zero-order valence-electron chi connectivity index (χ0n) is 14.8. The summed E-state index contributed by atoms with van der Waals surface area (Å²) in [6.07, 6.45) is 3.21. The lowest BCUT2D eigenvalue weighted by atomic mass is 9.97. The van der Waals surface area contributed by atoms with Crippen LogP contribution in [0.3, 0.4) is 0 Å². The van der Waals surface area contributed by atoms with E-state index in [0.29, 0.717) is 0 Å². The number of unbranched alkanes of at least 4 members (excludes halogenated alkanes) is 1. The first-order valence-corrected chi connectivity index (χ1v) is 8.60. The van der Waals surface area contributed by atoms with Gasteiger partial charge in [0.05, 0.1) is 7.11 Å². The third-order valence-corrected chi connectivity index (χ3v) is 4.60. The summed E-state index contributed by atoms with van der Waals surface area (Å²) >= 11 is 0. The van der Waals surface area contributed by atoms with E-state index in [2.05, 4.69) is 43.1 Å².